The van der Waals surface area contributed by atoms with Gasteiger partial charge in [0.15, 0.2) is 0 Å². The Kier molecular flexibility index (Phi) is 4.75. The molecule has 2 rings (SSSR count). The minimum Gasteiger partial charge on any atom is -0.368 e. The Labute approximate surface area is 117 Å². The molecular weight excluding hydrogens is 298 g/mol. The lowest BCUT2D eigenvalue weighted by Gasteiger charge is -2.38. The van der Waals surface area contributed by atoms with Gasteiger partial charge in [-0.1, -0.05) is 28.9 Å². The third-order valence-electron chi connectivity index (χ3n) is 3.60. The van der Waals surface area contributed by atoms with Crippen molar-refractivity contribution in [3.05, 3.63) is 28.2 Å². The number of rotatable bonds is 3. The van der Waals surface area contributed by atoms with Crippen molar-refractivity contribution in [1.82, 2.24) is 0 Å². The van der Waals surface area contributed by atoms with Crippen LogP contribution < -0.4 is 4.90 Å². The summed E-state index contributed by atoms with van der Waals surface area (Å²) in [5.41, 5.74) is 2.57. The average Bonchev–Trinajstić information content (AvgIpc) is 2.38. The number of benzene rings is 1. The molecule has 1 fully saturated rings. The van der Waals surface area contributed by atoms with Crippen LogP contribution >= 0.6 is 27.5 Å². The van der Waals surface area contributed by atoms with Crippen LogP contribution in [0.4, 0.5) is 5.69 Å². The van der Waals surface area contributed by atoms with E-state index in [0.717, 1.165) is 4.47 Å². The largest absolute Gasteiger partial charge is 0.368 e. The summed E-state index contributed by atoms with van der Waals surface area (Å²) in [7, 11) is 0. The average molecular weight is 317 g/mol. The molecule has 0 aromatic heterocycles. The summed E-state index contributed by atoms with van der Waals surface area (Å²) in [5, 5.41) is 0. The quantitative estimate of drug-likeness (QED) is 0.713. The zero-order valence-electron chi connectivity index (χ0n) is 10.3. The van der Waals surface area contributed by atoms with Crippen molar-refractivity contribution >= 4 is 33.2 Å². The first-order chi connectivity index (χ1) is 8.26. The van der Waals surface area contributed by atoms with E-state index < -0.39 is 0 Å². The van der Waals surface area contributed by atoms with Gasteiger partial charge in [-0.05, 0) is 43.4 Å². The molecule has 3 heteroatoms. The summed E-state index contributed by atoms with van der Waals surface area (Å²) in [6.07, 6.45) is 5.18. The van der Waals surface area contributed by atoms with E-state index in [9.17, 15) is 0 Å². The summed E-state index contributed by atoms with van der Waals surface area (Å²) in [4.78, 5) is 2.55. The van der Waals surface area contributed by atoms with E-state index in [1.807, 2.05) is 0 Å². The molecule has 1 unspecified atom stereocenters. The second kappa shape index (κ2) is 6.10. The molecule has 1 aromatic carbocycles. The lowest BCUT2D eigenvalue weighted by atomic mass is 9.98. The molecule has 0 radical (unpaired) electrons. The Balaban J connectivity index is 2.33. The van der Waals surface area contributed by atoms with Crippen molar-refractivity contribution in [2.45, 2.75) is 44.5 Å². The first-order valence-electron chi connectivity index (χ1n) is 6.37. The minimum absolute atomic E-state index is 0.593. The van der Waals surface area contributed by atoms with Gasteiger partial charge in [-0.3, -0.25) is 0 Å². The van der Waals surface area contributed by atoms with Crippen molar-refractivity contribution < 1.29 is 0 Å². The van der Waals surface area contributed by atoms with Crippen molar-refractivity contribution in [2.24, 2.45) is 0 Å². The van der Waals surface area contributed by atoms with Crippen LogP contribution in [0.1, 0.15) is 38.2 Å². The van der Waals surface area contributed by atoms with Gasteiger partial charge in [-0.15, -0.1) is 11.6 Å². The van der Waals surface area contributed by atoms with Gasteiger partial charge >= 0.3 is 0 Å². The highest BCUT2D eigenvalue weighted by Gasteiger charge is 2.22. The Bertz CT molecular complexity index is 380. The molecule has 0 bridgehead atoms. The number of alkyl halides is 1. The predicted octanol–water partition coefficient (Wildman–Crippen LogP) is 4.96. The third-order valence-corrected chi connectivity index (χ3v) is 4.38. The number of hydrogen-bond donors (Lipinski definition) is 0. The van der Waals surface area contributed by atoms with E-state index in [1.165, 1.54) is 43.5 Å². The van der Waals surface area contributed by atoms with Crippen LogP contribution in [0, 0.1) is 0 Å². The molecule has 94 valence electrons. The van der Waals surface area contributed by atoms with Crippen molar-refractivity contribution in [1.29, 1.82) is 0 Å². The highest BCUT2D eigenvalue weighted by molar-refractivity contribution is 9.10. The lowest BCUT2D eigenvalue weighted by molar-refractivity contribution is 0.449. The summed E-state index contributed by atoms with van der Waals surface area (Å²) in [5.74, 6) is 0.593. The topological polar surface area (TPSA) is 3.24 Å². The molecule has 1 heterocycles. The zero-order chi connectivity index (χ0) is 12.3. The molecule has 1 saturated heterocycles. The molecule has 0 saturated carbocycles. The smallest absolute Gasteiger partial charge is 0.0494 e. The van der Waals surface area contributed by atoms with Gasteiger partial charge in [-0.25, -0.2) is 0 Å². The Morgan fingerprint density at radius 1 is 1.41 bits per heavy atom. The highest BCUT2D eigenvalue weighted by Crippen LogP contribution is 2.32. The molecule has 1 aliphatic rings. The van der Waals surface area contributed by atoms with Gasteiger partial charge in [0, 0.05) is 28.6 Å². The van der Waals surface area contributed by atoms with Gasteiger partial charge < -0.3 is 4.90 Å². The molecule has 1 aliphatic heterocycles. The molecular formula is C14H19BrClN. The molecule has 17 heavy (non-hydrogen) atoms. The van der Waals surface area contributed by atoms with Crippen molar-refractivity contribution in [3.8, 4) is 0 Å². The Morgan fingerprint density at radius 2 is 2.24 bits per heavy atom. The lowest BCUT2D eigenvalue weighted by Crippen LogP contribution is -2.39. The first kappa shape index (κ1) is 13.2. The Hall–Kier alpha value is -0.210. The number of nitrogens with zero attached hydrogens (tertiary/aromatic N) is 1. The van der Waals surface area contributed by atoms with Crippen LogP contribution in [0.25, 0.3) is 0 Å². The van der Waals surface area contributed by atoms with Crippen LogP contribution in [0.3, 0.4) is 0 Å². The van der Waals surface area contributed by atoms with Gasteiger partial charge in [0.25, 0.3) is 0 Å². The first-order valence-corrected chi connectivity index (χ1v) is 7.70. The maximum Gasteiger partial charge on any atom is 0.0494 e. The second-order valence-corrected chi connectivity index (χ2v) is 5.84. The number of hydrogen-bond acceptors (Lipinski definition) is 1. The molecule has 0 aliphatic carbocycles. The summed E-state index contributed by atoms with van der Waals surface area (Å²) < 4.78 is 1.14. The highest BCUT2D eigenvalue weighted by atomic mass is 79.9. The fraction of sp³-hybridized carbons (Fsp3) is 0.571. The monoisotopic (exact) mass is 315 g/mol. The molecule has 1 atom stereocenters. The molecule has 1 nitrogen and oxygen atoms in total. The molecule has 0 spiro atoms. The van der Waals surface area contributed by atoms with E-state index >= 15 is 0 Å². The SMILES string of the molecule is CCC1CCCCN1c1cc(Br)ccc1CCl. The predicted molar refractivity (Wildman–Crippen MR) is 79.0 cm³/mol. The van der Waals surface area contributed by atoms with Gasteiger partial charge in [0.05, 0.1) is 0 Å². The van der Waals surface area contributed by atoms with Crippen LogP contribution in [0.5, 0.6) is 0 Å². The van der Waals surface area contributed by atoms with Gasteiger partial charge in [-0.2, -0.15) is 0 Å². The maximum atomic E-state index is 6.05. The maximum absolute atomic E-state index is 6.05. The number of piperidine rings is 1. The van der Waals surface area contributed by atoms with Crippen LogP contribution in [0.15, 0.2) is 22.7 Å². The number of anilines is 1. The molecule has 0 amide bonds. The molecule has 1 aromatic rings. The molecule has 0 N–H and O–H groups in total. The summed E-state index contributed by atoms with van der Waals surface area (Å²) >= 11 is 9.62. The summed E-state index contributed by atoms with van der Waals surface area (Å²) in [6, 6.07) is 7.10. The third kappa shape index (κ3) is 2.97. The van der Waals surface area contributed by atoms with E-state index in [2.05, 4.69) is 46.0 Å². The van der Waals surface area contributed by atoms with Crippen molar-refractivity contribution in [2.75, 3.05) is 11.4 Å². The normalized spacial score (nSPS) is 20.6. The van der Waals surface area contributed by atoms with E-state index in [4.69, 9.17) is 11.6 Å². The van der Waals surface area contributed by atoms with Crippen molar-refractivity contribution in [3.63, 3.8) is 0 Å². The van der Waals surface area contributed by atoms with Crippen LogP contribution in [-0.4, -0.2) is 12.6 Å². The van der Waals surface area contributed by atoms with Gasteiger partial charge in [0.1, 0.15) is 0 Å². The number of halogens is 2. The zero-order valence-corrected chi connectivity index (χ0v) is 12.6. The summed E-state index contributed by atoms with van der Waals surface area (Å²) in [6.45, 7) is 3.44. The fourth-order valence-electron chi connectivity index (χ4n) is 2.66. The van der Waals surface area contributed by atoms with Crippen LogP contribution in [-0.2, 0) is 5.88 Å². The van der Waals surface area contributed by atoms with E-state index in [0.29, 0.717) is 11.9 Å². The van der Waals surface area contributed by atoms with Crippen LogP contribution in [0.2, 0.25) is 0 Å². The minimum atomic E-state index is 0.593. The van der Waals surface area contributed by atoms with Gasteiger partial charge in [0.2, 0.25) is 0 Å². The van der Waals surface area contributed by atoms with E-state index in [1.54, 1.807) is 0 Å². The fourth-order valence-corrected chi connectivity index (χ4v) is 3.23. The van der Waals surface area contributed by atoms with E-state index in [-0.39, 0.29) is 0 Å². The standard InChI is InChI=1S/C14H19BrClN/c1-2-13-5-3-4-8-17(13)14-9-12(15)7-6-11(14)10-16/h6-7,9,13H,2-5,8,10H2,1H3. The second-order valence-electron chi connectivity index (χ2n) is 4.66. The Morgan fingerprint density at radius 3 is 2.94 bits per heavy atom.